The Kier molecular flexibility index (Phi) is 4.78. The molecule has 0 aromatic heterocycles. The van der Waals surface area contributed by atoms with Gasteiger partial charge >= 0.3 is 5.97 Å². The van der Waals surface area contributed by atoms with Gasteiger partial charge in [0, 0.05) is 11.1 Å². The van der Waals surface area contributed by atoms with Gasteiger partial charge in [0.25, 0.3) is 0 Å². The number of hydrogen-bond donors (Lipinski definition) is 1. The smallest absolute Gasteiger partial charge is 0.306 e. The Bertz CT molecular complexity index is 413. The molecule has 1 saturated heterocycles. The normalized spacial score (nSPS) is 20.8. The number of carboxylic acids is 1. The zero-order valence-corrected chi connectivity index (χ0v) is 11.7. The minimum Gasteiger partial charge on any atom is -0.481 e. The van der Waals surface area contributed by atoms with Gasteiger partial charge in [0.1, 0.15) is 0 Å². The van der Waals surface area contributed by atoms with Crippen LogP contribution in [0.15, 0.2) is 28.7 Å². The lowest BCUT2D eigenvalue weighted by Gasteiger charge is -2.16. The average Bonchev–Trinajstić information content (AvgIpc) is 2.81. The van der Waals surface area contributed by atoms with Gasteiger partial charge in [-0.1, -0.05) is 28.1 Å². The fraction of sp³-hybridized carbons (Fsp3) is 0.500. The summed E-state index contributed by atoms with van der Waals surface area (Å²) in [5, 5.41) is 9.30. The highest BCUT2D eigenvalue weighted by atomic mass is 79.9. The molecule has 1 aliphatic rings. The van der Waals surface area contributed by atoms with Crippen LogP contribution in [0.5, 0.6) is 0 Å². The molecule has 2 atom stereocenters. The Hall–Kier alpha value is -0.870. The summed E-state index contributed by atoms with van der Waals surface area (Å²) < 4.78 is 6.51. The van der Waals surface area contributed by atoms with E-state index in [-0.39, 0.29) is 12.0 Å². The summed E-state index contributed by atoms with van der Waals surface area (Å²) in [7, 11) is 0. The number of ether oxygens (including phenoxy) is 1. The van der Waals surface area contributed by atoms with E-state index in [1.165, 1.54) is 0 Å². The van der Waals surface area contributed by atoms with E-state index in [4.69, 9.17) is 4.74 Å². The van der Waals surface area contributed by atoms with Crippen molar-refractivity contribution in [2.45, 2.75) is 31.8 Å². The summed E-state index contributed by atoms with van der Waals surface area (Å²) in [5.41, 5.74) is 1.05. The summed E-state index contributed by atoms with van der Waals surface area (Å²) in [5.74, 6) is -1.09. The second-order valence-electron chi connectivity index (χ2n) is 4.74. The van der Waals surface area contributed by atoms with Gasteiger partial charge < -0.3 is 9.84 Å². The highest BCUT2D eigenvalue weighted by molar-refractivity contribution is 9.10. The van der Waals surface area contributed by atoms with Crippen LogP contribution < -0.4 is 0 Å². The van der Waals surface area contributed by atoms with Crippen LogP contribution in [0, 0.1) is 5.92 Å². The molecule has 98 valence electrons. The summed E-state index contributed by atoms with van der Waals surface area (Å²) in [6.07, 6.45) is 3.34. The summed E-state index contributed by atoms with van der Waals surface area (Å²) in [4.78, 5) is 11.3. The zero-order valence-electron chi connectivity index (χ0n) is 10.1. The maximum Gasteiger partial charge on any atom is 0.306 e. The molecule has 1 aliphatic heterocycles. The lowest BCUT2D eigenvalue weighted by atomic mass is 9.93. The number of rotatable bonds is 5. The first-order valence-electron chi connectivity index (χ1n) is 6.24. The molecule has 0 amide bonds. The van der Waals surface area contributed by atoms with Crippen LogP contribution in [0.2, 0.25) is 0 Å². The Morgan fingerprint density at radius 2 is 2.39 bits per heavy atom. The SMILES string of the molecule is O=C(O)C(Cc1cccc(Br)c1)CC1CCCO1. The van der Waals surface area contributed by atoms with Crippen LogP contribution in [0.1, 0.15) is 24.8 Å². The second kappa shape index (κ2) is 6.34. The van der Waals surface area contributed by atoms with Gasteiger partial charge in [-0.2, -0.15) is 0 Å². The van der Waals surface area contributed by atoms with E-state index >= 15 is 0 Å². The lowest BCUT2D eigenvalue weighted by molar-refractivity contribution is -0.142. The summed E-state index contributed by atoms with van der Waals surface area (Å²) in [6, 6.07) is 7.82. The molecule has 1 heterocycles. The van der Waals surface area contributed by atoms with Gasteiger partial charge in [0.05, 0.1) is 12.0 Å². The van der Waals surface area contributed by atoms with E-state index in [2.05, 4.69) is 15.9 Å². The van der Waals surface area contributed by atoms with Crippen LogP contribution in [0.25, 0.3) is 0 Å². The number of carbonyl (C=O) groups is 1. The monoisotopic (exact) mass is 312 g/mol. The van der Waals surface area contributed by atoms with Gasteiger partial charge in [-0.05, 0) is 43.4 Å². The molecule has 4 heteroatoms. The van der Waals surface area contributed by atoms with E-state index in [1.54, 1.807) is 0 Å². The number of aliphatic carboxylic acids is 1. The molecule has 1 fully saturated rings. The van der Waals surface area contributed by atoms with E-state index in [0.29, 0.717) is 12.8 Å². The molecule has 2 rings (SSSR count). The predicted molar refractivity (Wildman–Crippen MR) is 72.6 cm³/mol. The molecule has 1 aromatic rings. The van der Waals surface area contributed by atoms with Gasteiger partial charge in [0.2, 0.25) is 0 Å². The van der Waals surface area contributed by atoms with Crippen LogP contribution in [-0.4, -0.2) is 23.8 Å². The molecule has 18 heavy (non-hydrogen) atoms. The minimum absolute atomic E-state index is 0.123. The molecule has 0 saturated carbocycles. The fourth-order valence-electron chi connectivity index (χ4n) is 2.37. The number of hydrogen-bond acceptors (Lipinski definition) is 2. The van der Waals surface area contributed by atoms with Gasteiger partial charge in [-0.3, -0.25) is 4.79 Å². The third-order valence-corrected chi connectivity index (χ3v) is 3.79. The quantitative estimate of drug-likeness (QED) is 0.907. The third kappa shape index (κ3) is 3.82. The first-order valence-corrected chi connectivity index (χ1v) is 7.03. The molecule has 1 N–H and O–H groups in total. The number of halogens is 1. The average molecular weight is 313 g/mol. The van der Waals surface area contributed by atoms with Crippen molar-refractivity contribution >= 4 is 21.9 Å². The Balaban J connectivity index is 1.99. The topological polar surface area (TPSA) is 46.5 Å². The molecule has 1 aromatic carbocycles. The standard InChI is InChI=1S/C14H17BrO3/c15-12-4-1-3-10(8-12)7-11(14(16)17)9-13-5-2-6-18-13/h1,3-4,8,11,13H,2,5-7,9H2,(H,16,17). The van der Waals surface area contributed by atoms with Gasteiger partial charge in [-0.15, -0.1) is 0 Å². The van der Waals surface area contributed by atoms with E-state index in [1.807, 2.05) is 24.3 Å². The maximum absolute atomic E-state index is 11.3. The lowest BCUT2D eigenvalue weighted by Crippen LogP contribution is -2.22. The van der Waals surface area contributed by atoms with E-state index < -0.39 is 5.97 Å². The summed E-state index contributed by atoms with van der Waals surface area (Å²) in [6.45, 7) is 0.772. The molecule has 0 bridgehead atoms. The highest BCUT2D eigenvalue weighted by Gasteiger charge is 2.25. The van der Waals surface area contributed by atoms with Crippen molar-refractivity contribution in [1.29, 1.82) is 0 Å². The zero-order chi connectivity index (χ0) is 13.0. The van der Waals surface area contributed by atoms with Crippen molar-refractivity contribution < 1.29 is 14.6 Å². The Labute approximate surface area is 115 Å². The second-order valence-corrected chi connectivity index (χ2v) is 5.66. The molecular formula is C14H17BrO3. The van der Waals surface area contributed by atoms with Crippen molar-refractivity contribution in [3.63, 3.8) is 0 Å². The third-order valence-electron chi connectivity index (χ3n) is 3.29. The van der Waals surface area contributed by atoms with Crippen molar-refractivity contribution in [1.82, 2.24) is 0 Å². The van der Waals surface area contributed by atoms with Crippen LogP contribution >= 0.6 is 15.9 Å². The van der Waals surface area contributed by atoms with Crippen LogP contribution in [-0.2, 0) is 16.0 Å². The Morgan fingerprint density at radius 1 is 1.56 bits per heavy atom. The first kappa shape index (κ1) is 13.6. The van der Waals surface area contributed by atoms with Crippen LogP contribution in [0.4, 0.5) is 0 Å². The fourth-order valence-corrected chi connectivity index (χ4v) is 2.81. The van der Waals surface area contributed by atoms with Gasteiger partial charge in [-0.25, -0.2) is 0 Å². The van der Waals surface area contributed by atoms with Crippen molar-refractivity contribution in [3.05, 3.63) is 34.3 Å². The maximum atomic E-state index is 11.3. The van der Waals surface area contributed by atoms with E-state index in [9.17, 15) is 9.90 Å². The largest absolute Gasteiger partial charge is 0.481 e. The Morgan fingerprint density at radius 3 is 3.00 bits per heavy atom. The van der Waals surface area contributed by atoms with E-state index in [0.717, 1.165) is 29.5 Å². The highest BCUT2D eigenvalue weighted by Crippen LogP contribution is 2.23. The molecule has 0 radical (unpaired) electrons. The molecule has 2 unspecified atom stereocenters. The van der Waals surface area contributed by atoms with Crippen molar-refractivity contribution in [2.24, 2.45) is 5.92 Å². The predicted octanol–water partition coefficient (Wildman–Crippen LogP) is 3.26. The minimum atomic E-state index is -0.731. The first-order chi connectivity index (χ1) is 8.65. The number of benzene rings is 1. The van der Waals surface area contributed by atoms with Gasteiger partial charge in [0.15, 0.2) is 0 Å². The van der Waals surface area contributed by atoms with Crippen molar-refractivity contribution in [2.75, 3.05) is 6.61 Å². The van der Waals surface area contributed by atoms with Crippen LogP contribution in [0.3, 0.4) is 0 Å². The van der Waals surface area contributed by atoms with Crippen molar-refractivity contribution in [3.8, 4) is 0 Å². The summed E-state index contributed by atoms with van der Waals surface area (Å²) >= 11 is 3.41. The number of carboxylic acid groups (broad SMARTS) is 1. The molecule has 0 spiro atoms. The molecule has 0 aliphatic carbocycles. The molecular weight excluding hydrogens is 296 g/mol. The molecule has 3 nitrogen and oxygen atoms in total.